The standard InChI is InChI=1S/C11H18N4O2/c1-14-6-7-17-9-10-8-12-13-15(10)5-3-2-4-11(14)16/h8H,2-7,9H2,1H3. The number of rotatable bonds is 0. The highest BCUT2D eigenvalue weighted by molar-refractivity contribution is 5.75. The van der Waals surface area contributed by atoms with Crippen molar-refractivity contribution in [1.29, 1.82) is 0 Å². The molecule has 17 heavy (non-hydrogen) atoms. The first-order valence-electron chi connectivity index (χ1n) is 5.96. The third kappa shape index (κ3) is 3.26. The molecule has 6 nitrogen and oxygen atoms in total. The summed E-state index contributed by atoms with van der Waals surface area (Å²) < 4.78 is 7.37. The Morgan fingerprint density at radius 3 is 3.12 bits per heavy atom. The van der Waals surface area contributed by atoms with Crippen LogP contribution in [0.4, 0.5) is 0 Å². The van der Waals surface area contributed by atoms with E-state index in [2.05, 4.69) is 10.3 Å². The van der Waals surface area contributed by atoms with Crippen molar-refractivity contribution in [1.82, 2.24) is 19.9 Å². The van der Waals surface area contributed by atoms with Crippen LogP contribution in [0.5, 0.6) is 0 Å². The maximum absolute atomic E-state index is 11.7. The molecule has 0 radical (unpaired) electrons. The van der Waals surface area contributed by atoms with Crippen molar-refractivity contribution in [3.05, 3.63) is 11.9 Å². The molecule has 0 aliphatic carbocycles. The van der Waals surface area contributed by atoms with Gasteiger partial charge in [0.25, 0.3) is 0 Å². The van der Waals surface area contributed by atoms with Crippen molar-refractivity contribution in [2.45, 2.75) is 32.4 Å². The van der Waals surface area contributed by atoms with Gasteiger partial charge in [0.05, 0.1) is 25.1 Å². The predicted molar refractivity (Wildman–Crippen MR) is 61.2 cm³/mol. The number of aryl methyl sites for hydroxylation is 1. The summed E-state index contributed by atoms with van der Waals surface area (Å²) in [5.74, 6) is 0.188. The molecule has 2 heterocycles. The van der Waals surface area contributed by atoms with E-state index in [1.807, 2.05) is 11.7 Å². The van der Waals surface area contributed by atoms with Gasteiger partial charge in [-0.15, -0.1) is 5.10 Å². The summed E-state index contributed by atoms with van der Waals surface area (Å²) in [5.41, 5.74) is 1.000. The van der Waals surface area contributed by atoms with E-state index in [0.29, 0.717) is 26.2 Å². The Morgan fingerprint density at radius 2 is 2.24 bits per heavy atom. The Balaban J connectivity index is 1.98. The van der Waals surface area contributed by atoms with Crippen LogP contribution in [0.1, 0.15) is 25.0 Å². The van der Waals surface area contributed by atoms with E-state index in [0.717, 1.165) is 25.1 Å². The van der Waals surface area contributed by atoms with E-state index in [4.69, 9.17) is 4.74 Å². The summed E-state index contributed by atoms with van der Waals surface area (Å²) >= 11 is 0. The summed E-state index contributed by atoms with van der Waals surface area (Å²) in [5, 5.41) is 7.89. The highest BCUT2D eigenvalue weighted by Crippen LogP contribution is 2.06. The van der Waals surface area contributed by atoms with Crippen LogP contribution in [0.3, 0.4) is 0 Å². The number of fused-ring (bicyclic) bond motifs is 1. The van der Waals surface area contributed by atoms with E-state index in [9.17, 15) is 4.79 Å². The first-order valence-corrected chi connectivity index (χ1v) is 5.96. The fraction of sp³-hybridized carbons (Fsp3) is 0.727. The minimum absolute atomic E-state index is 0.188. The van der Waals surface area contributed by atoms with Gasteiger partial charge >= 0.3 is 0 Å². The van der Waals surface area contributed by atoms with Gasteiger partial charge in [-0.3, -0.25) is 4.79 Å². The molecule has 0 atom stereocenters. The van der Waals surface area contributed by atoms with E-state index < -0.39 is 0 Å². The highest BCUT2D eigenvalue weighted by Gasteiger charge is 2.11. The van der Waals surface area contributed by atoms with Gasteiger partial charge in [0.15, 0.2) is 0 Å². The molecule has 0 saturated carbocycles. The molecule has 0 aromatic carbocycles. The molecule has 1 aromatic rings. The molecule has 0 bridgehead atoms. The van der Waals surface area contributed by atoms with Crippen molar-refractivity contribution < 1.29 is 9.53 Å². The van der Waals surface area contributed by atoms with Crippen LogP contribution in [0.25, 0.3) is 0 Å². The van der Waals surface area contributed by atoms with Crippen molar-refractivity contribution in [2.75, 3.05) is 20.2 Å². The fourth-order valence-corrected chi connectivity index (χ4v) is 1.81. The third-order valence-corrected chi connectivity index (χ3v) is 2.96. The lowest BCUT2D eigenvalue weighted by atomic mass is 10.2. The van der Waals surface area contributed by atoms with Crippen LogP contribution in [0, 0.1) is 0 Å². The van der Waals surface area contributed by atoms with Crippen LogP contribution >= 0.6 is 0 Å². The molecule has 1 aliphatic heterocycles. The average molecular weight is 238 g/mol. The SMILES string of the molecule is CN1CCOCc2cnnn2CCCCC1=O. The second kappa shape index (κ2) is 5.77. The molecule has 0 N–H and O–H groups in total. The van der Waals surface area contributed by atoms with Crippen molar-refractivity contribution in [3.8, 4) is 0 Å². The Morgan fingerprint density at radius 1 is 1.35 bits per heavy atom. The predicted octanol–water partition coefficient (Wildman–Crippen LogP) is 0.437. The van der Waals surface area contributed by atoms with Gasteiger partial charge in [0.1, 0.15) is 0 Å². The van der Waals surface area contributed by atoms with Crippen molar-refractivity contribution in [2.24, 2.45) is 0 Å². The number of carbonyl (C=O) groups is 1. The molecular weight excluding hydrogens is 220 g/mol. The lowest BCUT2D eigenvalue weighted by molar-refractivity contribution is -0.130. The van der Waals surface area contributed by atoms with Gasteiger partial charge in [-0.05, 0) is 12.8 Å². The number of aromatic nitrogens is 3. The normalized spacial score (nSPS) is 19.4. The molecule has 1 aromatic heterocycles. The van der Waals surface area contributed by atoms with Crippen molar-refractivity contribution in [3.63, 3.8) is 0 Å². The first kappa shape index (κ1) is 12.0. The smallest absolute Gasteiger partial charge is 0.222 e. The second-order valence-electron chi connectivity index (χ2n) is 4.27. The number of nitrogens with zero attached hydrogens (tertiary/aromatic N) is 4. The maximum atomic E-state index is 11.7. The van der Waals surface area contributed by atoms with Crippen LogP contribution < -0.4 is 0 Å². The summed E-state index contributed by atoms with van der Waals surface area (Å²) in [4.78, 5) is 13.4. The van der Waals surface area contributed by atoms with Crippen LogP contribution in [-0.4, -0.2) is 46.0 Å². The number of amides is 1. The number of hydrogen-bond acceptors (Lipinski definition) is 4. The largest absolute Gasteiger partial charge is 0.373 e. The molecular formula is C11H18N4O2. The van der Waals surface area contributed by atoms with Gasteiger partial charge in [-0.25, -0.2) is 4.68 Å². The van der Waals surface area contributed by atoms with E-state index in [1.54, 1.807) is 11.1 Å². The Hall–Kier alpha value is -1.43. The van der Waals surface area contributed by atoms with Gasteiger partial charge in [0, 0.05) is 26.6 Å². The van der Waals surface area contributed by atoms with E-state index in [-0.39, 0.29) is 5.91 Å². The quantitative estimate of drug-likeness (QED) is 0.658. The Labute approximate surface area is 101 Å². The van der Waals surface area contributed by atoms with Crippen LogP contribution in [0.2, 0.25) is 0 Å². The fourth-order valence-electron chi connectivity index (χ4n) is 1.81. The second-order valence-corrected chi connectivity index (χ2v) is 4.27. The Bertz CT molecular complexity index is 377. The molecule has 1 aliphatic rings. The zero-order chi connectivity index (χ0) is 12.1. The van der Waals surface area contributed by atoms with E-state index >= 15 is 0 Å². The summed E-state index contributed by atoms with van der Waals surface area (Å²) in [6.45, 7) is 2.50. The summed E-state index contributed by atoms with van der Waals surface area (Å²) in [6.07, 6.45) is 4.17. The van der Waals surface area contributed by atoms with Gasteiger partial charge < -0.3 is 9.64 Å². The third-order valence-electron chi connectivity index (χ3n) is 2.96. The molecule has 1 amide bonds. The Kier molecular flexibility index (Phi) is 4.08. The molecule has 2 rings (SSSR count). The zero-order valence-electron chi connectivity index (χ0n) is 10.1. The first-order chi connectivity index (χ1) is 8.27. The van der Waals surface area contributed by atoms with Crippen LogP contribution in [0.15, 0.2) is 6.20 Å². The summed E-state index contributed by atoms with van der Waals surface area (Å²) in [7, 11) is 1.82. The van der Waals surface area contributed by atoms with Gasteiger partial charge in [0.2, 0.25) is 5.91 Å². The lowest BCUT2D eigenvalue weighted by Gasteiger charge is -2.18. The molecule has 94 valence electrons. The van der Waals surface area contributed by atoms with E-state index in [1.165, 1.54) is 0 Å². The minimum atomic E-state index is 0.188. The molecule has 6 heteroatoms. The van der Waals surface area contributed by atoms with Crippen LogP contribution in [-0.2, 0) is 22.7 Å². The molecule has 0 fully saturated rings. The number of ether oxygens (including phenoxy) is 1. The molecule has 0 unspecified atom stereocenters. The number of carbonyl (C=O) groups excluding carboxylic acids is 1. The highest BCUT2D eigenvalue weighted by atomic mass is 16.5. The van der Waals surface area contributed by atoms with Gasteiger partial charge in [-0.1, -0.05) is 5.21 Å². The topological polar surface area (TPSA) is 60.2 Å². The average Bonchev–Trinajstić information content (AvgIpc) is 2.75. The number of hydrogen-bond donors (Lipinski definition) is 0. The zero-order valence-corrected chi connectivity index (χ0v) is 10.1. The molecule has 0 saturated heterocycles. The summed E-state index contributed by atoms with van der Waals surface area (Å²) in [6, 6.07) is 0. The van der Waals surface area contributed by atoms with Gasteiger partial charge in [-0.2, -0.15) is 0 Å². The van der Waals surface area contributed by atoms with Crippen molar-refractivity contribution >= 4 is 5.91 Å². The maximum Gasteiger partial charge on any atom is 0.222 e. The molecule has 0 spiro atoms. The monoisotopic (exact) mass is 238 g/mol. The lowest BCUT2D eigenvalue weighted by Crippen LogP contribution is -2.30. The minimum Gasteiger partial charge on any atom is -0.373 e. The number of likely N-dealkylation sites (N-methyl/N-ethyl adjacent to an activating group) is 1.